The number of rotatable bonds is 5. The summed E-state index contributed by atoms with van der Waals surface area (Å²) in [7, 11) is -3.95. The molecule has 1 saturated heterocycles. The van der Waals surface area contributed by atoms with Gasteiger partial charge in [0, 0.05) is 24.7 Å². The Kier molecular flexibility index (Phi) is 6.03. The third-order valence-corrected chi connectivity index (χ3v) is 7.39. The number of aryl methyl sites for hydroxylation is 1. The van der Waals surface area contributed by atoms with E-state index in [0.717, 1.165) is 31.2 Å². The number of anilines is 1. The van der Waals surface area contributed by atoms with E-state index in [1.54, 1.807) is 24.3 Å². The third-order valence-electron chi connectivity index (χ3n) is 5.61. The standard InChI is InChI=1S/C23H23F3N2O3S/c1-2-16-6-9-18(10-7-16)32(29,30)21-15-27-20-11-8-17(31-23(24,25)26)14-19(20)22(21)28-12-4-3-5-13-28/h6-11,14-15H,2-5,12-13H2,1H3. The third kappa shape index (κ3) is 4.53. The maximum atomic E-state index is 13.6. The summed E-state index contributed by atoms with van der Waals surface area (Å²) in [5, 5.41) is 0.319. The summed E-state index contributed by atoms with van der Waals surface area (Å²) in [6.07, 6.45) is -0.0153. The smallest absolute Gasteiger partial charge is 0.406 e. The zero-order chi connectivity index (χ0) is 22.9. The van der Waals surface area contributed by atoms with Crippen LogP contribution in [0, 0.1) is 0 Å². The Hall–Kier alpha value is -2.81. The van der Waals surface area contributed by atoms with Gasteiger partial charge in [0.05, 0.1) is 16.1 Å². The zero-order valence-electron chi connectivity index (χ0n) is 17.5. The molecule has 0 amide bonds. The van der Waals surface area contributed by atoms with E-state index < -0.39 is 21.9 Å². The fourth-order valence-electron chi connectivity index (χ4n) is 4.01. The van der Waals surface area contributed by atoms with Gasteiger partial charge in [-0.15, -0.1) is 13.2 Å². The molecule has 0 aliphatic carbocycles. The van der Waals surface area contributed by atoms with E-state index in [4.69, 9.17) is 0 Å². The topological polar surface area (TPSA) is 59.5 Å². The Morgan fingerprint density at radius 3 is 2.34 bits per heavy atom. The molecule has 32 heavy (non-hydrogen) atoms. The molecule has 1 aromatic heterocycles. The normalized spacial score (nSPS) is 15.2. The highest BCUT2D eigenvalue weighted by Crippen LogP contribution is 2.39. The second-order valence-electron chi connectivity index (χ2n) is 7.75. The quantitative estimate of drug-likeness (QED) is 0.498. The van der Waals surface area contributed by atoms with Gasteiger partial charge in [0.25, 0.3) is 0 Å². The van der Waals surface area contributed by atoms with Gasteiger partial charge in [-0.25, -0.2) is 8.42 Å². The summed E-state index contributed by atoms with van der Waals surface area (Å²) in [4.78, 5) is 6.29. The molecule has 0 bridgehead atoms. The van der Waals surface area contributed by atoms with Crippen LogP contribution in [0.2, 0.25) is 0 Å². The lowest BCUT2D eigenvalue weighted by atomic mass is 10.1. The number of fused-ring (bicyclic) bond motifs is 1. The second-order valence-corrected chi connectivity index (χ2v) is 9.66. The predicted octanol–water partition coefficient (Wildman–Crippen LogP) is 5.52. The van der Waals surface area contributed by atoms with E-state index in [0.29, 0.717) is 29.7 Å². The average molecular weight is 465 g/mol. The van der Waals surface area contributed by atoms with E-state index in [2.05, 4.69) is 9.72 Å². The molecule has 1 aliphatic rings. The number of aromatic nitrogens is 1. The summed E-state index contributed by atoms with van der Waals surface area (Å²) in [6.45, 7) is 3.20. The zero-order valence-corrected chi connectivity index (χ0v) is 18.3. The highest BCUT2D eigenvalue weighted by Gasteiger charge is 2.32. The predicted molar refractivity (Wildman–Crippen MR) is 116 cm³/mol. The van der Waals surface area contributed by atoms with E-state index >= 15 is 0 Å². The number of alkyl halides is 3. The van der Waals surface area contributed by atoms with Gasteiger partial charge < -0.3 is 9.64 Å². The van der Waals surface area contributed by atoms with E-state index in [9.17, 15) is 21.6 Å². The molecular formula is C23H23F3N2O3S. The number of benzene rings is 2. The highest BCUT2D eigenvalue weighted by atomic mass is 32.2. The molecule has 0 unspecified atom stereocenters. The van der Waals surface area contributed by atoms with Crippen molar-refractivity contribution in [1.29, 1.82) is 0 Å². The van der Waals surface area contributed by atoms with E-state index in [-0.39, 0.29) is 9.79 Å². The maximum absolute atomic E-state index is 13.6. The van der Waals surface area contributed by atoms with Crippen molar-refractivity contribution in [3.63, 3.8) is 0 Å². The molecular weight excluding hydrogens is 441 g/mol. The van der Waals surface area contributed by atoms with Crippen LogP contribution in [-0.2, 0) is 16.3 Å². The van der Waals surface area contributed by atoms with Crippen LogP contribution < -0.4 is 9.64 Å². The summed E-state index contributed by atoms with van der Waals surface area (Å²) < 4.78 is 69.7. The van der Waals surface area contributed by atoms with Crippen molar-refractivity contribution in [2.75, 3.05) is 18.0 Å². The fraction of sp³-hybridized carbons (Fsp3) is 0.348. The molecule has 3 aromatic rings. The number of sulfone groups is 1. The van der Waals surface area contributed by atoms with Gasteiger partial charge in [0.2, 0.25) is 9.84 Å². The minimum absolute atomic E-state index is 0.0136. The molecule has 0 radical (unpaired) electrons. The van der Waals surface area contributed by atoms with Crippen LogP contribution in [0.4, 0.5) is 18.9 Å². The first kappa shape index (κ1) is 22.4. The first-order valence-electron chi connectivity index (χ1n) is 10.5. The van der Waals surface area contributed by atoms with Crippen LogP contribution in [0.1, 0.15) is 31.7 Å². The maximum Gasteiger partial charge on any atom is 0.573 e. The van der Waals surface area contributed by atoms with Crippen LogP contribution in [0.25, 0.3) is 10.9 Å². The van der Waals surface area contributed by atoms with Gasteiger partial charge in [0.15, 0.2) is 0 Å². The van der Waals surface area contributed by atoms with Gasteiger partial charge in [-0.2, -0.15) is 0 Å². The number of ether oxygens (including phenoxy) is 1. The number of halogens is 3. The van der Waals surface area contributed by atoms with Crippen molar-refractivity contribution in [3.05, 3.63) is 54.2 Å². The summed E-state index contributed by atoms with van der Waals surface area (Å²) in [6, 6.07) is 10.5. The van der Waals surface area contributed by atoms with E-state index in [1.165, 1.54) is 24.4 Å². The first-order chi connectivity index (χ1) is 15.2. The lowest BCUT2D eigenvalue weighted by Gasteiger charge is -2.31. The van der Waals surface area contributed by atoms with E-state index in [1.807, 2.05) is 11.8 Å². The van der Waals surface area contributed by atoms with Crippen LogP contribution in [-0.4, -0.2) is 32.9 Å². The van der Waals surface area contributed by atoms with Crippen LogP contribution >= 0.6 is 0 Å². The summed E-state index contributed by atoms with van der Waals surface area (Å²) in [5.74, 6) is -0.410. The molecule has 4 rings (SSSR count). The molecule has 2 aromatic carbocycles. The van der Waals surface area contributed by atoms with Gasteiger partial charge in [0.1, 0.15) is 10.6 Å². The largest absolute Gasteiger partial charge is 0.573 e. The molecule has 9 heteroatoms. The Balaban J connectivity index is 1.92. The molecule has 0 saturated carbocycles. The molecule has 1 aliphatic heterocycles. The minimum atomic E-state index is -4.85. The van der Waals surface area contributed by atoms with Crippen molar-refractivity contribution in [2.24, 2.45) is 0 Å². The summed E-state index contributed by atoms with van der Waals surface area (Å²) >= 11 is 0. The fourth-order valence-corrected chi connectivity index (χ4v) is 5.44. The van der Waals surface area contributed by atoms with Gasteiger partial charge in [-0.3, -0.25) is 4.98 Å². The summed E-state index contributed by atoms with van der Waals surface area (Å²) in [5.41, 5.74) is 1.79. The highest BCUT2D eigenvalue weighted by molar-refractivity contribution is 7.91. The Labute approximate surface area is 184 Å². The van der Waals surface area contributed by atoms with Crippen molar-refractivity contribution in [3.8, 4) is 5.75 Å². The van der Waals surface area contributed by atoms with Crippen LogP contribution in [0.3, 0.4) is 0 Å². The average Bonchev–Trinajstić information content (AvgIpc) is 2.77. The molecule has 0 N–H and O–H groups in total. The lowest BCUT2D eigenvalue weighted by molar-refractivity contribution is -0.274. The lowest BCUT2D eigenvalue weighted by Crippen LogP contribution is -2.31. The van der Waals surface area contributed by atoms with Crippen LogP contribution in [0.15, 0.2) is 58.5 Å². The van der Waals surface area contributed by atoms with Gasteiger partial charge in [-0.05, 0) is 61.6 Å². The molecule has 0 spiro atoms. The Bertz CT molecular complexity index is 1220. The van der Waals surface area contributed by atoms with Crippen molar-refractivity contribution in [1.82, 2.24) is 4.98 Å². The number of pyridine rings is 1. The molecule has 5 nitrogen and oxygen atoms in total. The van der Waals surface area contributed by atoms with Crippen molar-refractivity contribution < 1.29 is 26.3 Å². The first-order valence-corrected chi connectivity index (χ1v) is 11.9. The molecule has 2 heterocycles. The second kappa shape index (κ2) is 8.61. The number of nitrogens with zero attached hydrogens (tertiary/aromatic N) is 2. The van der Waals surface area contributed by atoms with Gasteiger partial charge in [-0.1, -0.05) is 19.1 Å². The minimum Gasteiger partial charge on any atom is -0.406 e. The Morgan fingerprint density at radius 2 is 1.72 bits per heavy atom. The SMILES string of the molecule is CCc1ccc(S(=O)(=O)c2cnc3ccc(OC(F)(F)F)cc3c2N2CCCCC2)cc1. The molecule has 0 atom stereocenters. The van der Waals surface area contributed by atoms with Gasteiger partial charge >= 0.3 is 6.36 Å². The van der Waals surface area contributed by atoms with Crippen molar-refractivity contribution >= 4 is 26.4 Å². The van der Waals surface area contributed by atoms with Crippen molar-refractivity contribution in [2.45, 2.75) is 48.8 Å². The number of hydrogen-bond donors (Lipinski definition) is 0. The Morgan fingerprint density at radius 1 is 1.03 bits per heavy atom. The molecule has 170 valence electrons. The molecule has 1 fully saturated rings. The number of hydrogen-bond acceptors (Lipinski definition) is 5. The van der Waals surface area contributed by atoms with Crippen LogP contribution in [0.5, 0.6) is 5.75 Å². The monoisotopic (exact) mass is 464 g/mol. The number of piperidine rings is 1.